The van der Waals surface area contributed by atoms with Gasteiger partial charge in [0, 0.05) is 44.0 Å². The molecule has 7 nitrogen and oxygen atoms in total. The van der Waals surface area contributed by atoms with Gasteiger partial charge in [-0.15, -0.1) is 0 Å². The minimum absolute atomic E-state index is 0.0198. The third kappa shape index (κ3) is 7.19. The SMILES string of the molecule is Cc1ccc(-c2noc(CCCC(=O)NC3CCC(=O)N(CCC(C)C)CC3)n2)cc1. The zero-order valence-corrected chi connectivity index (χ0v) is 18.9. The Morgan fingerprint density at radius 3 is 2.77 bits per heavy atom. The van der Waals surface area contributed by atoms with Crippen molar-refractivity contribution < 1.29 is 14.1 Å². The van der Waals surface area contributed by atoms with Gasteiger partial charge in [-0.25, -0.2) is 0 Å². The summed E-state index contributed by atoms with van der Waals surface area (Å²) in [6.07, 6.45) is 4.68. The number of hydrogen-bond acceptors (Lipinski definition) is 5. The monoisotopic (exact) mass is 426 g/mol. The molecule has 31 heavy (non-hydrogen) atoms. The average molecular weight is 427 g/mol. The summed E-state index contributed by atoms with van der Waals surface area (Å²) in [5.74, 6) is 1.93. The first kappa shape index (κ1) is 23.0. The fraction of sp³-hybridized carbons (Fsp3) is 0.583. The molecule has 1 saturated heterocycles. The van der Waals surface area contributed by atoms with E-state index in [2.05, 4.69) is 29.3 Å². The highest BCUT2D eigenvalue weighted by Gasteiger charge is 2.23. The van der Waals surface area contributed by atoms with Gasteiger partial charge in [0.2, 0.25) is 23.5 Å². The molecule has 1 aliphatic rings. The number of aromatic nitrogens is 2. The molecule has 0 spiro atoms. The summed E-state index contributed by atoms with van der Waals surface area (Å²) in [5.41, 5.74) is 2.10. The first-order valence-electron chi connectivity index (χ1n) is 11.4. The van der Waals surface area contributed by atoms with Gasteiger partial charge in [-0.2, -0.15) is 4.98 Å². The smallest absolute Gasteiger partial charge is 0.226 e. The molecule has 0 saturated carbocycles. The minimum atomic E-state index is 0.0198. The molecule has 2 amide bonds. The van der Waals surface area contributed by atoms with Gasteiger partial charge in [0.05, 0.1) is 0 Å². The van der Waals surface area contributed by atoms with Crippen LogP contribution in [0, 0.1) is 12.8 Å². The quantitative estimate of drug-likeness (QED) is 0.657. The molecule has 3 rings (SSSR count). The van der Waals surface area contributed by atoms with Crippen LogP contribution < -0.4 is 5.32 Å². The van der Waals surface area contributed by atoms with E-state index in [0.29, 0.717) is 49.7 Å². The van der Waals surface area contributed by atoms with Crippen LogP contribution in [0.1, 0.15) is 63.8 Å². The lowest BCUT2D eigenvalue weighted by Crippen LogP contribution is -2.36. The second-order valence-electron chi connectivity index (χ2n) is 8.89. The van der Waals surface area contributed by atoms with E-state index >= 15 is 0 Å². The number of carbonyl (C=O) groups is 2. The number of rotatable bonds is 9. The first-order chi connectivity index (χ1) is 14.9. The van der Waals surface area contributed by atoms with Gasteiger partial charge in [-0.1, -0.05) is 48.8 Å². The molecule has 168 valence electrons. The molecule has 1 aliphatic heterocycles. The van der Waals surface area contributed by atoms with E-state index in [1.54, 1.807) is 0 Å². The fourth-order valence-corrected chi connectivity index (χ4v) is 3.71. The molecule has 1 aromatic carbocycles. The molecule has 2 heterocycles. The third-order valence-electron chi connectivity index (χ3n) is 5.72. The molecule has 1 N–H and O–H groups in total. The zero-order valence-electron chi connectivity index (χ0n) is 18.9. The zero-order chi connectivity index (χ0) is 22.2. The summed E-state index contributed by atoms with van der Waals surface area (Å²) in [7, 11) is 0. The van der Waals surface area contributed by atoms with Crippen LogP contribution in [0.2, 0.25) is 0 Å². The summed E-state index contributed by atoms with van der Waals surface area (Å²) < 4.78 is 5.33. The van der Waals surface area contributed by atoms with Crippen LogP contribution >= 0.6 is 0 Å². The molecule has 1 fully saturated rings. The van der Waals surface area contributed by atoms with E-state index in [1.807, 2.05) is 36.1 Å². The highest BCUT2D eigenvalue weighted by molar-refractivity contribution is 5.78. The molecule has 7 heteroatoms. The lowest BCUT2D eigenvalue weighted by atomic mass is 10.1. The highest BCUT2D eigenvalue weighted by Crippen LogP contribution is 2.17. The molecule has 0 aliphatic carbocycles. The molecule has 1 unspecified atom stereocenters. The molecule has 1 atom stereocenters. The number of nitrogens with zero attached hydrogens (tertiary/aromatic N) is 3. The Morgan fingerprint density at radius 2 is 2.03 bits per heavy atom. The summed E-state index contributed by atoms with van der Waals surface area (Å²) >= 11 is 0. The third-order valence-corrected chi connectivity index (χ3v) is 5.72. The van der Waals surface area contributed by atoms with Crippen molar-refractivity contribution in [3.8, 4) is 11.4 Å². The number of aryl methyl sites for hydroxylation is 2. The Kier molecular flexibility index (Phi) is 8.20. The predicted octanol–water partition coefficient (Wildman–Crippen LogP) is 3.91. The Hall–Kier alpha value is -2.70. The van der Waals surface area contributed by atoms with Crippen LogP contribution in [0.4, 0.5) is 0 Å². The van der Waals surface area contributed by atoms with Gasteiger partial charge in [0.15, 0.2) is 0 Å². The summed E-state index contributed by atoms with van der Waals surface area (Å²) in [6, 6.07) is 8.04. The van der Waals surface area contributed by atoms with Crippen molar-refractivity contribution in [1.29, 1.82) is 0 Å². The van der Waals surface area contributed by atoms with Crippen molar-refractivity contribution in [3.63, 3.8) is 0 Å². The number of amides is 2. The van der Waals surface area contributed by atoms with Gasteiger partial charge in [0.1, 0.15) is 0 Å². The Labute approximate surface area is 184 Å². The van der Waals surface area contributed by atoms with Crippen LogP contribution in [0.3, 0.4) is 0 Å². The van der Waals surface area contributed by atoms with Crippen LogP contribution in [0.15, 0.2) is 28.8 Å². The standard InChI is InChI=1S/C24H34N4O3/c1-17(2)13-15-28-16-14-20(11-12-23(28)30)25-21(29)5-4-6-22-26-24(27-31-22)19-9-7-18(3)8-10-19/h7-10,17,20H,4-6,11-16H2,1-3H3,(H,25,29). The van der Waals surface area contributed by atoms with Crippen LogP contribution in [0.25, 0.3) is 11.4 Å². The lowest BCUT2D eigenvalue weighted by molar-refractivity contribution is -0.131. The molecular formula is C24H34N4O3. The van der Waals surface area contributed by atoms with Crippen molar-refractivity contribution in [2.75, 3.05) is 13.1 Å². The van der Waals surface area contributed by atoms with E-state index in [-0.39, 0.29) is 17.9 Å². The fourth-order valence-electron chi connectivity index (χ4n) is 3.71. The van der Waals surface area contributed by atoms with E-state index in [9.17, 15) is 9.59 Å². The van der Waals surface area contributed by atoms with Gasteiger partial charge in [0.25, 0.3) is 0 Å². The van der Waals surface area contributed by atoms with Gasteiger partial charge < -0.3 is 14.7 Å². The summed E-state index contributed by atoms with van der Waals surface area (Å²) in [5, 5.41) is 7.14. The maximum atomic E-state index is 12.4. The van der Waals surface area contributed by atoms with Crippen LogP contribution in [-0.4, -0.2) is 46.0 Å². The molecule has 2 aromatic rings. The second-order valence-corrected chi connectivity index (χ2v) is 8.89. The largest absolute Gasteiger partial charge is 0.353 e. The predicted molar refractivity (Wildman–Crippen MR) is 119 cm³/mol. The van der Waals surface area contributed by atoms with Crippen LogP contribution in [-0.2, 0) is 16.0 Å². The highest BCUT2D eigenvalue weighted by atomic mass is 16.5. The second kappa shape index (κ2) is 11.1. The van der Waals surface area contributed by atoms with E-state index in [0.717, 1.165) is 31.5 Å². The van der Waals surface area contributed by atoms with Crippen molar-refractivity contribution in [2.45, 2.75) is 71.8 Å². The number of benzene rings is 1. The average Bonchev–Trinajstić information content (AvgIpc) is 3.13. The normalized spacial score (nSPS) is 17.1. The topological polar surface area (TPSA) is 88.3 Å². The summed E-state index contributed by atoms with van der Waals surface area (Å²) in [6.45, 7) is 7.91. The maximum Gasteiger partial charge on any atom is 0.226 e. The van der Waals surface area contributed by atoms with Crippen molar-refractivity contribution in [3.05, 3.63) is 35.7 Å². The van der Waals surface area contributed by atoms with Gasteiger partial charge >= 0.3 is 0 Å². The first-order valence-corrected chi connectivity index (χ1v) is 11.4. The number of carbonyl (C=O) groups excluding carboxylic acids is 2. The van der Waals surface area contributed by atoms with Gasteiger partial charge in [-0.05, 0) is 38.5 Å². The summed E-state index contributed by atoms with van der Waals surface area (Å²) in [4.78, 5) is 31.1. The number of likely N-dealkylation sites (tertiary alicyclic amines) is 1. The Morgan fingerprint density at radius 1 is 1.26 bits per heavy atom. The lowest BCUT2D eigenvalue weighted by Gasteiger charge is -2.22. The molecule has 0 bridgehead atoms. The van der Waals surface area contributed by atoms with Gasteiger partial charge in [-0.3, -0.25) is 9.59 Å². The Bertz CT molecular complexity index is 860. The Balaban J connectivity index is 1.39. The van der Waals surface area contributed by atoms with Crippen molar-refractivity contribution >= 4 is 11.8 Å². The van der Waals surface area contributed by atoms with E-state index in [1.165, 1.54) is 5.56 Å². The van der Waals surface area contributed by atoms with Crippen molar-refractivity contribution in [2.24, 2.45) is 5.92 Å². The number of nitrogens with one attached hydrogen (secondary N) is 1. The minimum Gasteiger partial charge on any atom is -0.353 e. The van der Waals surface area contributed by atoms with E-state index in [4.69, 9.17) is 4.52 Å². The van der Waals surface area contributed by atoms with Crippen LogP contribution in [0.5, 0.6) is 0 Å². The molecule has 1 aromatic heterocycles. The number of hydrogen-bond donors (Lipinski definition) is 1. The van der Waals surface area contributed by atoms with Crippen molar-refractivity contribution in [1.82, 2.24) is 20.4 Å². The molecule has 0 radical (unpaired) electrons. The van der Waals surface area contributed by atoms with E-state index < -0.39 is 0 Å². The maximum absolute atomic E-state index is 12.4. The molecular weight excluding hydrogens is 392 g/mol.